The molecule has 1 atom stereocenters. The van der Waals surface area contributed by atoms with Crippen LogP contribution in [-0.2, 0) is 6.54 Å². The van der Waals surface area contributed by atoms with Crippen LogP contribution in [0.4, 0.5) is 0 Å². The minimum absolute atomic E-state index is 0.134. The average Bonchev–Trinajstić information content (AvgIpc) is 2.66. The summed E-state index contributed by atoms with van der Waals surface area (Å²) in [6, 6.07) is 0.250. The lowest BCUT2D eigenvalue weighted by atomic mass is 9.99. The molecule has 1 rings (SSSR count). The van der Waals surface area contributed by atoms with Gasteiger partial charge in [-0.05, 0) is 26.2 Å². The highest BCUT2D eigenvalue weighted by atomic mass is 16.1. The first kappa shape index (κ1) is 14.1. The van der Waals surface area contributed by atoms with Crippen molar-refractivity contribution in [2.24, 2.45) is 5.92 Å². The lowest BCUT2D eigenvalue weighted by molar-refractivity contribution is 0.381. The molecule has 0 fully saturated rings. The molecule has 3 heteroatoms. The Labute approximate surface area is 104 Å². The minimum Gasteiger partial charge on any atom is -0.299 e. The van der Waals surface area contributed by atoms with Crippen LogP contribution in [0, 0.1) is 5.92 Å². The van der Waals surface area contributed by atoms with E-state index in [2.05, 4.69) is 13.8 Å². The normalized spacial score (nSPS) is 13.2. The van der Waals surface area contributed by atoms with Crippen LogP contribution >= 0.6 is 0 Å². The van der Waals surface area contributed by atoms with E-state index < -0.39 is 0 Å². The smallest absolute Gasteiger partial charge is 0.299 e. The van der Waals surface area contributed by atoms with Crippen molar-refractivity contribution < 1.29 is 0 Å². The van der Waals surface area contributed by atoms with Gasteiger partial charge in [0.25, 0.3) is 0 Å². The summed E-state index contributed by atoms with van der Waals surface area (Å²) in [4.78, 5) is 12.1. The molecule has 0 spiro atoms. The maximum atomic E-state index is 12.1. The van der Waals surface area contributed by atoms with Crippen molar-refractivity contribution in [2.75, 3.05) is 0 Å². The van der Waals surface area contributed by atoms with E-state index in [-0.39, 0.29) is 11.7 Å². The number of nitrogens with zero attached hydrogens (tertiary/aromatic N) is 2. The standard InChI is InChI=1S/C14H26N2O/c1-5-7-8-13(6-2)11-15-9-10-16(12(3)4)14(15)17/h9-10,12-13H,5-8,11H2,1-4H3. The van der Waals surface area contributed by atoms with Crippen molar-refractivity contribution in [3.63, 3.8) is 0 Å². The van der Waals surface area contributed by atoms with Gasteiger partial charge in [-0.3, -0.25) is 9.13 Å². The summed E-state index contributed by atoms with van der Waals surface area (Å²) in [5.41, 5.74) is 0.134. The molecule has 0 aliphatic heterocycles. The van der Waals surface area contributed by atoms with Crippen molar-refractivity contribution in [2.45, 2.75) is 66.0 Å². The summed E-state index contributed by atoms with van der Waals surface area (Å²) >= 11 is 0. The third-order valence-electron chi connectivity index (χ3n) is 3.43. The molecule has 98 valence electrons. The van der Waals surface area contributed by atoms with E-state index in [0.29, 0.717) is 5.92 Å². The molecular formula is C14H26N2O. The van der Waals surface area contributed by atoms with Crippen LogP contribution in [0.25, 0.3) is 0 Å². The molecule has 0 aliphatic rings. The first-order valence-electron chi connectivity index (χ1n) is 6.87. The molecule has 17 heavy (non-hydrogen) atoms. The molecule has 1 unspecified atom stereocenters. The summed E-state index contributed by atoms with van der Waals surface area (Å²) in [6.45, 7) is 9.38. The Balaban J connectivity index is 2.70. The number of imidazole rings is 1. The molecule has 1 aromatic heterocycles. The summed E-state index contributed by atoms with van der Waals surface area (Å²) in [7, 11) is 0. The SMILES string of the molecule is CCCCC(CC)Cn1ccn(C(C)C)c1=O. The molecular weight excluding hydrogens is 212 g/mol. The van der Waals surface area contributed by atoms with E-state index in [9.17, 15) is 4.79 Å². The monoisotopic (exact) mass is 238 g/mol. The molecule has 0 saturated heterocycles. The van der Waals surface area contributed by atoms with Gasteiger partial charge in [0.15, 0.2) is 0 Å². The lowest BCUT2D eigenvalue weighted by Crippen LogP contribution is -2.27. The molecule has 0 saturated carbocycles. The summed E-state index contributed by atoms with van der Waals surface area (Å²) < 4.78 is 3.66. The molecule has 0 amide bonds. The van der Waals surface area contributed by atoms with Gasteiger partial charge < -0.3 is 0 Å². The summed E-state index contributed by atoms with van der Waals surface area (Å²) in [6.07, 6.45) is 8.71. The molecule has 3 nitrogen and oxygen atoms in total. The Kier molecular flexibility index (Phi) is 5.52. The van der Waals surface area contributed by atoms with Gasteiger partial charge in [0, 0.05) is 25.0 Å². The lowest BCUT2D eigenvalue weighted by Gasteiger charge is -2.14. The zero-order valence-corrected chi connectivity index (χ0v) is 11.6. The number of hydrogen-bond acceptors (Lipinski definition) is 1. The van der Waals surface area contributed by atoms with E-state index >= 15 is 0 Å². The maximum absolute atomic E-state index is 12.1. The molecule has 0 radical (unpaired) electrons. The van der Waals surface area contributed by atoms with Crippen LogP contribution in [0.2, 0.25) is 0 Å². The van der Waals surface area contributed by atoms with Gasteiger partial charge in [0.1, 0.15) is 0 Å². The fourth-order valence-electron chi connectivity index (χ4n) is 2.16. The summed E-state index contributed by atoms with van der Waals surface area (Å²) in [5, 5.41) is 0. The Morgan fingerprint density at radius 3 is 2.41 bits per heavy atom. The first-order chi connectivity index (χ1) is 8.10. The van der Waals surface area contributed by atoms with Gasteiger partial charge in [0.2, 0.25) is 0 Å². The maximum Gasteiger partial charge on any atom is 0.328 e. The average molecular weight is 238 g/mol. The fourth-order valence-corrected chi connectivity index (χ4v) is 2.16. The van der Waals surface area contributed by atoms with E-state index in [0.717, 1.165) is 13.0 Å². The number of unbranched alkanes of at least 4 members (excludes halogenated alkanes) is 1. The highest BCUT2D eigenvalue weighted by molar-refractivity contribution is 4.84. The van der Waals surface area contributed by atoms with Crippen molar-refractivity contribution in [1.82, 2.24) is 9.13 Å². The Morgan fingerprint density at radius 1 is 1.24 bits per heavy atom. The summed E-state index contributed by atoms with van der Waals surface area (Å²) in [5.74, 6) is 0.635. The molecule has 1 heterocycles. The Morgan fingerprint density at radius 2 is 1.94 bits per heavy atom. The van der Waals surface area contributed by atoms with E-state index in [1.165, 1.54) is 19.3 Å². The van der Waals surface area contributed by atoms with Gasteiger partial charge in [-0.15, -0.1) is 0 Å². The van der Waals surface area contributed by atoms with Crippen molar-refractivity contribution in [1.29, 1.82) is 0 Å². The third kappa shape index (κ3) is 3.76. The van der Waals surface area contributed by atoms with Gasteiger partial charge in [0.05, 0.1) is 0 Å². The number of rotatable bonds is 7. The zero-order chi connectivity index (χ0) is 12.8. The van der Waals surface area contributed by atoms with Crippen molar-refractivity contribution >= 4 is 0 Å². The zero-order valence-electron chi connectivity index (χ0n) is 11.6. The highest BCUT2D eigenvalue weighted by Gasteiger charge is 2.11. The highest BCUT2D eigenvalue weighted by Crippen LogP contribution is 2.14. The van der Waals surface area contributed by atoms with E-state index in [1.807, 2.05) is 30.8 Å². The Bertz CT molecular complexity index is 376. The van der Waals surface area contributed by atoms with Gasteiger partial charge >= 0.3 is 5.69 Å². The minimum atomic E-state index is 0.134. The number of hydrogen-bond donors (Lipinski definition) is 0. The molecule has 0 N–H and O–H groups in total. The first-order valence-corrected chi connectivity index (χ1v) is 6.87. The van der Waals surface area contributed by atoms with Crippen LogP contribution in [0.15, 0.2) is 17.2 Å². The molecule has 1 aromatic rings. The van der Waals surface area contributed by atoms with Crippen molar-refractivity contribution in [3.05, 3.63) is 22.9 Å². The number of aromatic nitrogens is 2. The molecule has 0 aromatic carbocycles. The van der Waals surface area contributed by atoms with Crippen LogP contribution in [0.3, 0.4) is 0 Å². The van der Waals surface area contributed by atoms with Crippen LogP contribution in [0.5, 0.6) is 0 Å². The van der Waals surface area contributed by atoms with Crippen LogP contribution < -0.4 is 5.69 Å². The molecule has 0 aliphatic carbocycles. The second kappa shape index (κ2) is 6.67. The van der Waals surface area contributed by atoms with E-state index in [1.54, 1.807) is 4.57 Å². The van der Waals surface area contributed by atoms with E-state index in [4.69, 9.17) is 0 Å². The second-order valence-electron chi connectivity index (χ2n) is 5.15. The van der Waals surface area contributed by atoms with Gasteiger partial charge in [-0.2, -0.15) is 0 Å². The topological polar surface area (TPSA) is 26.9 Å². The van der Waals surface area contributed by atoms with Crippen LogP contribution in [-0.4, -0.2) is 9.13 Å². The fraction of sp³-hybridized carbons (Fsp3) is 0.786. The largest absolute Gasteiger partial charge is 0.328 e. The predicted octanol–water partition coefficient (Wildman–Crippen LogP) is 3.45. The van der Waals surface area contributed by atoms with Gasteiger partial charge in [-0.25, -0.2) is 4.79 Å². The second-order valence-corrected chi connectivity index (χ2v) is 5.15. The predicted molar refractivity (Wildman–Crippen MR) is 72.4 cm³/mol. The molecule has 0 bridgehead atoms. The van der Waals surface area contributed by atoms with Crippen molar-refractivity contribution in [3.8, 4) is 0 Å². The quantitative estimate of drug-likeness (QED) is 0.714. The Hall–Kier alpha value is -0.990. The third-order valence-corrected chi connectivity index (χ3v) is 3.43. The van der Waals surface area contributed by atoms with Gasteiger partial charge in [-0.1, -0.05) is 33.1 Å². The van der Waals surface area contributed by atoms with Crippen LogP contribution in [0.1, 0.15) is 59.4 Å².